The molecule has 0 fully saturated rings. The van der Waals surface area contributed by atoms with Crippen molar-refractivity contribution in [1.29, 1.82) is 0 Å². The molecule has 0 amide bonds. The van der Waals surface area contributed by atoms with Crippen molar-refractivity contribution in [3.8, 4) is 5.75 Å². The van der Waals surface area contributed by atoms with Crippen molar-refractivity contribution in [1.82, 2.24) is 4.98 Å². The monoisotopic (exact) mass is 308 g/mol. The number of rotatable bonds is 3. The summed E-state index contributed by atoms with van der Waals surface area (Å²) < 4.78 is 0.770. The van der Waals surface area contributed by atoms with Crippen molar-refractivity contribution in [3.63, 3.8) is 0 Å². The fourth-order valence-corrected chi connectivity index (χ4v) is 1.44. The maximum absolute atomic E-state index is 10.4. The number of aromatic nitrogens is 1. The fourth-order valence-electron chi connectivity index (χ4n) is 1.01. The maximum Gasteiger partial charge on any atom is 0.305 e. The van der Waals surface area contributed by atoms with Gasteiger partial charge in [0, 0.05) is 9.77 Å². The van der Waals surface area contributed by atoms with E-state index in [1.54, 1.807) is 0 Å². The van der Waals surface area contributed by atoms with E-state index in [4.69, 9.17) is 10.8 Å². The standard InChI is InChI=1S/C8H9IN2O3/c9-4-1-6(12)8(11-3-4)5(10)2-7(13)14/h1,3,5,12H,2,10H2,(H,13,14). The number of nitrogens with zero attached hydrogens (tertiary/aromatic N) is 1. The molecule has 1 rings (SSSR count). The van der Waals surface area contributed by atoms with E-state index in [1.165, 1.54) is 12.3 Å². The van der Waals surface area contributed by atoms with Gasteiger partial charge >= 0.3 is 5.97 Å². The Morgan fingerprint density at radius 3 is 2.86 bits per heavy atom. The van der Waals surface area contributed by atoms with Crippen molar-refractivity contribution in [2.24, 2.45) is 5.73 Å². The van der Waals surface area contributed by atoms with Crippen LogP contribution in [-0.4, -0.2) is 21.2 Å². The first-order valence-electron chi connectivity index (χ1n) is 3.82. The molecule has 1 aromatic heterocycles. The minimum Gasteiger partial charge on any atom is -0.506 e. The summed E-state index contributed by atoms with van der Waals surface area (Å²) in [5.41, 5.74) is 5.76. The summed E-state index contributed by atoms with van der Waals surface area (Å²) in [5.74, 6) is -1.08. The number of nitrogens with two attached hydrogens (primary N) is 1. The molecule has 0 aromatic carbocycles. The largest absolute Gasteiger partial charge is 0.506 e. The molecule has 1 aromatic rings. The molecule has 0 saturated heterocycles. The van der Waals surface area contributed by atoms with Crippen LogP contribution in [0, 0.1) is 3.57 Å². The second-order valence-electron chi connectivity index (χ2n) is 2.76. The predicted molar refractivity (Wildman–Crippen MR) is 57.8 cm³/mol. The first kappa shape index (κ1) is 11.2. The highest BCUT2D eigenvalue weighted by atomic mass is 127. The van der Waals surface area contributed by atoms with E-state index in [1.807, 2.05) is 22.6 Å². The lowest BCUT2D eigenvalue weighted by Gasteiger charge is -2.09. The van der Waals surface area contributed by atoms with Crippen molar-refractivity contribution >= 4 is 28.6 Å². The third-order valence-electron chi connectivity index (χ3n) is 1.61. The van der Waals surface area contributed by atoms with Crippen molar-refractivity contribution in [2.75, 3.05) is 0 Å². The Bertz CT molecular complexity index is 356. The van der Waals surface area contributed by atoms with Gasteiger partial charge in [-0.3, -0.25) is 9.78 Å². The Morgan fingerprint density at radius 1 is 1.71 bits per heavy atom. The summed E-state index contributed by atoms with van der Waals surface area (Å²) in [6, 6.07) is 0.717. The summed E-state index contributed by atoms with van der Waals surface area (Å²) in [6.45, 7) is 0. The second kappa shape index (κ2) is 4.56. The Balaban J connectivity index is 2.90. The summed E-state index contributed by atoms with van der Waals surface area (Å²) in [4.78, 5) is 14.3. The van der Waals surface area contributed by atoms with Crippen LogP contribution in [0.5, 0.6) is 5.75 Å². The molecule has 14 heavy (non-hydrogen) atoms. The van der Waals surface area contributed by atoms with Crippen LogP contribution in [0.3, 0.4) is 0 Å². The number of carbonyl (C=O) groups is 1. The summed E-state index contributed by atoms with van der Waals surface area (Å²) in [5, 5.41) is 17.9. The van der Waals surface area contributed by atoms with E-state index >= 15 is 0 Å². The lowest BCUT2D eigenvalue weighted by atomic mass is 10.1. The highest BCUT2D eigenvalue weighted by Gasteiger charge is 2.15. The number of carboxylic acids is 1. The number of aromatic hydroxyl groups is 1. The van der Waals surface area contributed by atoms with Crippen LogP contribution in [0.2, 0.25) is 0 Å². The maximum atomic E-state index is 10.4. The van der Waals surface area contributed by atoms with Gasteiger partial charge in [-0.25, -0.2) is 0 Å². The molecule has 4 N–H and O–H groups in total. The Labute approximate surface area is 94.1 Å². The highest BCUT2D eigenvalue weighted by molar-refractivity contribution is 14.1. The molecule has 6 heteroatoms. The molecule has 0 radical (unpaired) electrons. The number of hydrogen-bond acceptors (Lipinski definition) is 4. The Kier molecular flexibility index (Phi) is 3.64. The van der Waals surface area contributed by atoms with Gasteiger partial charge in [-0.2, -0.15) is 0 Å². The lowest BCUT2D eigenvalue weighted by Crippen LogP contribution is -2.16. The molecule has 0 aliphatic rings. The van der Waals surface area contributed by atoms with Gasteiger partial charge in [-0.15, -0.1) is 0 Å². The van der Waals surface area contributed by atoms with Gasteiger partial charge in [0.05, 0.1) is 18.2 Å². The van der Waals surface area contributed by atoms with Gasteiger partial charge in [-0.05, 0) is 28.7 Å². The summed E-state index contributed by atoms with van der Waals surface area (Å²) in [7, 11) is 0. The van der Waals surface area contributed by atoms with E-state index in [9.17, 15) is 9.90 Å². The lowest BCUT2D eigenvalue weighted by molar-refractivity contribution is -0.137. The minimum absolute atomic E-state index is 0.0642. The van der Waals surface area contributed by atoms with Crippen LogP contribution in [0.15, 0.2) is 12.3 Å². The number of carboxylic acid groups (broad SMARTS) is 1. The SMILES string of the molecule is NC(CC(=O)O)c1ncc(I)cc1O. The number of hydrogen-bond donors (Lipinski definition) is 3. The summed E-state index contributed by atoms with van der Waals surface area (Å²) in [6.07, 6.45) is 1.28. The fraction of sp³-hybridized carbons (Fsp3) is 0.250. The number of halogens is 1. The van der Waals surface area contributed by atoms with E-state index in [-0.39, 0.29) is 17.9 Å². The van der Waals surface area contributed by atoms with Gasteiger partial charge in [-0.1, -0.05) is 0 Å². The van der Waals surface area contributed by atoms with Gasteiger partial charge < -0.3 is 15.9 Å². The van der Waals surface area contributed by atoms with Gasteiger partial charge in [0.2, 0.25) is 0 Å². The van der Waals surface area contributed by atoms with Gasteiger partial charge in [0.15, 0.2) is 0 Å². The number of aliphatic carboxylic acids is 1. The topological polar surface area (TPSA) is 96.4 Å². The molecule has 5 nitrogen and oxygen atoms in total. The zero-order valence-corrected chi connectivity index (χ0v) is 9.30. The highest BCUT2D eigenvalue weighted by Crippen LogP contribution is 2.23. The van der Waals surface area contributed by atoms with Crippen LogP contribution in [0.4, 0.5) is 0 Å². The molecule has 0 aliphatic heterocycles. The van der Waals surface area contributed by atoms with Crippen molar-refractivity contribution < 1.29 is 15.0 Å². The second-order valence-corrected chi connectivity index (χ2v) is 4.01. The van der Waals surface area contributed by atoms with Gasteiger partial charge in [0.1, 0.15) is 5.75 Å². The number of pyridine rings is 1. The van der Waals surface area contributed by atoms with Crippen LogP contribution < -0.4 is 5.73 Å². The predicted octanol–water partition coefficient (Wildman–Crippen LogP) is 0.866. The zero-order valence-electron chi connectivity index (χ0n) is 7.14. The average molecular weight is 308 g/mol. The van der Waals surface area contributed by atoms with E-state index < -0.39 is 12.0 Å². The average Bonchev–Trinajstić information content (AvgIpc) is 2.01. The third-order valence-corrected chi connectivity index (χ3v) is 2.20. The Morgan fingerprint density at radius 2 is 2.36 bits per heavy atom. The Hall–Kier alpha value is -0.890. The molecule has 1 atom stereocenters. The molecule has 1 heterocycles. The molecule has 1 unspecified atom stereocenters. The third kappa shape index (κ3) is 2.81. The molecule has 0 spiro atoms. The molecule has 0 aliphatic carbocycles. The molecule has 0 saturated carbocycles. The summed E-state index contributed by atoms with van der Waals surface area (Å²) >= 11 is 1.99. The first-order chi connectivity index (χ1) is 6.50. The van der Waals surface area contributed by atoms with Crippen LogP contribution in [0.25, 0.3) is 0 Å². The van der Waals surface area contributed by atoms with Crippen LogP contribution >= 0.6 is 22.6 Å². The smallest absolute Gasteiger partial charge is 0.305 e. The normalized spacial score (nSPS) is 12.4. The van der Waals surface area contributed by atoms with Crippen LogP contribution in [0.1, 0.15) is 18.2 Å². The quantitative estimate of drug-likeness (QED) is 0.720. The van der Waals surface area contributed by atoms with E-state index in [0.29, 0.717) is 0 Å². The first-order valence-corrected chi connectivity index (χ1v) is 4.90. The molecule has 0 bridgehead atoms. The van der Waals surface area contributed by atoms with Gasteiger partial charge in [0.25, 0.3) is 0 Å². The van der Waals surface area contributed by atoms with E-state index in [0.717, 1.165) is 3.57 Å². The molecular formula is C8H9IN2O3. The van der Waals surface area contributed by atoms with Crippen molar-refractivity contribution in [3.05, 3.63) is 21.5 Å². The molecule has 76 valence electrons. The van der Waals surface area contributed by atoms with Crippen molar-refractivity contribution in [2.45, 2.75) is 12.5 Å². The zero-order chi connectivity index (χ0) is 10.7. The van der Waals surface area contributed by atoms with Crippen LogP contribution in [-0.2, 0) is 4.79 Å². The molecular weight excluding hydrogens is 299 g/mol. The van der Waals surface area contributed by atoms with E-state index in [2.05, 4.69) is 4.98 Å². The minimum atomic E-state index is -1.02.